The third-order valence-electron chi connectivity index (χ3n) is 9.44. The molecule has 0 atom stereocenters. The minimum absolute atomic E-state index is 0.179. The van der Waals surface area contributed by atoms with Gasteiger partial charge in [-0.15, -0.1) is 0 Å². The van der Waals surface area contributed by atoms with Crippen LogP contribution in [0.5, 0.6) is 0 Å². The molecule has 10 nitrogen and oxygen atoms in total. The van der Waals surface area contributed by atoms with Crippen molar-refractivity contribution in [3.8, 4) is 0 Å². The number of aromatic carboxylic acids is 1. The number of rotatable bonds is 13. The van der Waals surface area contributed by atoms with Crippen LogP contribution in [0.25, 0.3) is 5.57 Å². The predicted molar refractivity (Wildman–Crippen MR) is 189 cm³/mol. The number of fused-ring (bicyclic) bond motifs is 3. The lowest BCUT2D eigenvalue weighted by Crippen LogP contribution is -2.34. The molecule has 1 aliphatic heterocycles. The van der Waals surface area contributed by atoms with Crippen LogP contribution in [0.4, 0.5) is 5.69 Å². The molecule has 3 N–H and O–H groups in total. The van der Waals surface area contributed by atoms with Gasteiger partial charge in [-0.25, -0.2) is 4.79 Å². The minimum atomic E-state index is -4.10. The zero-order valence-corrected chi connectivity index (χ0v) is 29.3. The normalized spacial score (nSPS) is 18.2. The number of allylic oxidation sites excluding steroid dienone is 5. The fourth-order valence-corrected chi connectivity index (χ4v) is 8.08. The molecule has 1 heterocycles. The highest BCUT2D eigenvalue weighted by molar-refractivity contribution is 7.86. The summed E-state index contributed by atoms with van der Waals surface area (Å²) in [4.78, 5) is 19.6. The fourth-order valence-electron chi connectivity index (χ4n) is 7.09. The summed E-state index contributed by atoms with van der Waals surface area (Å²) >= 11 is 0. The third kappa shape index (κ3) is 7.83. The molecular formula is C36H44N2O8S2. The van der Waals surface area contributed by atoms with Gasteiger partial charge >= 0.3 is 5.97 Å². The number of anilines is 1. The summed E-state index contributed by atoms with van der Waals surface area (Å²) in [5, 5.41) is 10.3. The van der Waals surface area contributed by atoms with E-state index in [-0.39, 0.29) is 36.5 Å². The molecule has 5 rings (SSSR count). The van der Waals surface area contributed by atoms with Crippen molar-refractivity contribution in [2.75, 3.05) is 36.0 Å². The van der Waals surface area contributed by atoms with Crippen molar-refractivity contribution in [1.29, 1.82) is 0 Å². The quantitative estimate of drug-likeness (QED) is 0.162. The van der Waals surface area contributed by atoms with Crippen molar-refractivity contribution in [3.05, 3.63) is 93.1 Å². The Balaban J connectivity index is 1.73. The Kier molecular flexibility index (Phi) is 10.5. The molecule has 0 aromatic heterocycles. The average Bonchev–Trinajstić information content (AvgIpc) is 3.01. The second kappa shape index (κ2) is 14.1. The van der Waals surface area contributed by atoms with Crippen LogP contribution in [0, 0.1) is 0 Å². The van der Waals surface area contributed by atoms with Crippen LogP contribution < -0.4 is 4.90 Å². The van der Waals surface area contributed by atoms with Crippen LogP contribution in [0.3, 0.4) is 0 Å². The summed E-state index contributed by atoms with van der Waals surface area (Å²) in [7, 11) is -8.18. The number of carbonyl (C=O) groups is 1. The number of aliphatic imine (C=N–C) groups is 1. The van der Waals surface area contributed by atoms with Gasteiger partial charge in [0.1, 0.15) is 0 Å². The summed E-state index contributed by atoms with van der Waals surface area (Å²) in [5.41, 5.74) is 8.81. The molecule has 0 amide bonds. The molecule has 0 spiro atoms. The van der Waals surface area contributed by atoms with E-state index in [1.807, 2.05) is 12.1 Å². The maximum Gasteiger partial charge on any atom is 0.336 e. The molecule has 3 aliphatic rings. The average molecular weight is 697 g/mol. The van der Waals surface area contributed by atoms with Gasteiger partial charge < -0.3 is 10.0 Å². The van der Waals surface area contributed by atoms with E-state index in [0.29, 0.717) is 12.1 Å². The first kappa shape index (κ1) is 35.7. The smallest absolute Gasteiger partial charge is 0.336 e. The highest BCUT2D eigenvalue weighted by atomic mass is 32.2. The topological polar surface area (TPSA) is 162 Å². The lowest BCUT2D eigenvalue weighted by molar-refractivity contribution is 0.0696. The van der Waals surface area contributed by atoms with E-state index in [1.165, 1.54) is 0 Å². The van der Waals surface area contributed by atoms with Crippen molar-refractivity contribution in [3.63, 3.8) is 0 Å². The maximum atomic E-state index is 12.6. The monoisotopic (exact) mass is 696 g/mol. The number of unbranched alkanes of at least 4 members (excludes halogenated alkanes) is 1. The Labute approximate surface area is 283 Å². The van der Waals surface area contributed by atoms with Crippen LogP contribution in [-0.2, 0) is 32.1 Å². The molecule has 0 bridgehead atoms. The maximum absolute atomic E-state index is 12.6. The number of carboxylic acid groups (broad SMARTS) is 1. The van der Waals surface area contributed by atoms with Crippen LogP contribution in [0.2, 0.25) is 0 Å². The number of benzene rings is 2. The molecule has 2 aliphatic carbocycles. The van der Waals surface area contributed by atoms with Gasteiger partial charge in [0.2, 0.25) is 0 Å². The Morgan fingerprint density at radius 2 is 1.67 bits per heavy atom. The second-order valence-corrected chi connectivity index (χ2v) is 16.4. The van der Waals surface area contributed by atoms with Crippen LogP contribution in [0.1, 0.15) is 91.9 Å². The lowest BCUT2D eigenvalue weighted by atomic mass is 9.63. The molecule has 0 fully saturated rings. The first-order valence-electron chi connectivity index (χ1n) is 16.5. The van der Waals surface area contributed by atoms with Crippen LogP contribution >= 0.6 is 0 Å². The Hall–Kier alpha value is -3.58. The zero-order valence-electron chi connectivity index (χ0n) is 27.7. The summed E-state index contributed by atoms with van der Waals surface area (Å²) < 4.78 is 64.1. The summed E-state index contributed by atoms with van der Waals surface area (Å²) in [6.45, 7) is 7.82. The highest BCUT2D eigenvalue weighted by Crippen LogP contribution is 2.53. The number of hydrogen-bond donors (Lipinski definition) is 3. The SMILES string of the molecule is CCCCC1=CC2=C(c3ccccc3C(=O)O)c3cc4c(cc3C(C)(C)C2=CC1=NCCCS(=O)(=O)O)N(CCCS(=O)(=O)O)CCC4. The molecule has 2 aromatic rings. The Morgan fingerprint density at radius 3 is 2.35 bits per heavy atom. The number of aryl methyl sites for hydroxylation is 1. The third-order valence-corrected chi connectivity index (χ3v) is 11.0. The van der Waals surface area contributed by atoms with Crippen molar-refractivity contribution in [2.24, 2.45) is 4.99 Å². The van der Waals surface area contributed by atoms with Crippen molar-refractivity contribution >= 4 is 43.2 Å². The summed E-state index contributed by atoms with van der Waals surface area (Å²) in [6.07, 6.45) is 8.96. The van der Waals surface area contributed by atoms with E-state index in [2.05, 4.69) is 50.0 Å². The summed E-state index contributed by atoms with van der Waals surface area (Å²) in [6, 6.07) is 11.4. The molecular weight excluding hydrogens is 653 g/mol. The largest absolute Gasteiger partial charge is 0.478 e. The first-order chi connectivity index (χ1) is 22.6. The Morgan fingerprint density at radius 1 is 0.958 bits per heavy atom. The van der Waals surface area contributed by atoms with Crippen LogP contribution in [0.15, 0.2) is 70.3 Å². The molecule has 258 valence electrons. The van der Waals surface area contributed by atoms with Gasteiger partial charge in [0.05, 0.1) is 22.8 Å². The van der Waals surface area contributed by atoms with Gasteiger partial charge in [-0.1, -0.05) is 45.4 Å². The van der Waals surface area contributed by atoms with Gasteiger partial charge in [-0.05, 0) is 113 Å². The zero-order chi connectivity index (χ0) is 34.9. The number of nitrogens with zero attached hydrogens (tertiary/aromatic N) is 2. The van der Waals surface area contributed by atoms with E-state index in [1.54, 1.807) is 12.1 Å². The fraction of sp³-hybridized carbons (Fsp3) is 0.444. The molecule has 0 unspecified atom stereocenters. The molecule has 48 heavy (non-hydrogen) atoms. The molecule has 0 saturated carbocycles. The van der Waals surface area contributed by atoms with Crippen LogP contribution in [-0.4, -0.2) is 73.9 Å². The summed E-state index contributed by atoms with van der Waals surface area (Å²) in [5.74, 6) is -1.71. The molecule has 0 radical (unpaired) electrons. The standard InChI is InChI=1S/C36H44N2O8S2/c1-4-5-11-24-20-28-30(22-32(24)37-15-9-18-47(41,42)43)36(2,3)31-23-33-25(12-8-16-38(33)17-10-19-48(44,45)46)21-29(31)34(28)26-13-6-7-14-27(26)35(39)40/h6-7,13-14,20-23H,4-5,8-12,15-19H2,1-3H3,(H,39,40)(H,41,42,43)(H,44,45,46). The van der Waals surface area contributed by atoms with Crippen molar-refractivity contribution in [1.82, 2.24) is 0 Å². The molecule has 12 heteroatoms. The van der Waals surface area contributed by atoms with E-state index >= 15 is 0 Å². The van der Waals surface area contributed by atoms with E-state index < -0.39 is 31.6 Å². The van der Waals surface area contributed by atoms with Gasteiger partial charge in [0, 0.05) is 30.7 Å². The Bertz CT molecular complexity index is 1950. The minimum Gasteiger partial charge on any atom is -0.478 e. The highest BCUT2D eigenvalue weighted by Gasteiger charge is 2.40. The van der Waals surface area contributed by atoms with Gasteiger partial charge in [-0.2, -0.15) is 16.8 Å². The number of hydrogen-bond acceptors (Lipinski definition) is 7. The lowest BCUT2D eigenvalue weighted by Gasteiger charge is -2.42. The molecule has 2 aromatic carbocycles. The van der Waals surface area contributed by atoms with E-state index in [4.69, 9.17) is 4.99 Å². The second-order valence-electron chi connectivity index (χ2n) is 13.3. The first-order valence-corrected chi connectivity index (χ1v) is 19.7. The molecule has 0 saturated heterocycles. The van der Waals surface area contributed by atoms with Crippen molar-refractivity contribution < 1.29 is 35.8 Å². The van der Waals surface area contributed by atoms with Crippen molar-refractivity contribution in [2.45, 2.75) is 71.1 Å². The predicted octanol–water partition coefficient (Wildman–Crippen LogP) is 6.28. The van der Waals surface area contributed by atoms with Gasteiger partial charge in [-0.3, -0.25) is 14.1 Å². The van der Waals surface area contributed by atoms with Gasteiger partial charge in [0.15, 0.2) is 0 Å². The van der Waals surface area contributed by atoms with E-state index in [9.17, 15) is 35.8 Å². The van der Waals surface area contributed by atoms with E-state index in [0.717, 1.165) is 89.0 Å². The van der Waals surface area contributed by atoms with Gasteiger partial charge in [0.25, 0.3) is 20.2 Å². The number of carboxylic acids is 1.